The summed E-state index contributed by atoms with van der Waals surface area (Å²) in [6.45, 7) is 9.56. The maximum atomic E-state index is 2.47. The van der Waals surface area contributed by atoms with Gasteiger partial charge in [0, 0.05) is 27.9 Å². The molecule has 0 atom stereocenters. The lowest BCUT2D eigenvalue weighted by Gasteiger charge is -2.30. The molecule has 0 aliphatic heterocycles. The van der Waals surface area contributed by atoms with E-state index >= 15 is 0 Å². The first-order valence-corrected chi connectivity index (χ1v) is 20.8. The standard InChI is InChI=1S/C58H45N/c1-57(2)53-34-44(39-15-9-6-10-16-39)24-29-49(53)51-31-27-47(36-55(51)57)59(46-26-23-40-17-11-12-18-43(40)33-46)48-28-32-52-50-30-25-45(35-54(50)58(3,4)56(52)37-48)42-21-19-41(20-22-42)38-13-7-5-8-14-38/h5-37H,1-4H3. The minimum Gasteiger partial charge on any atom is -0.310 e. The number of hydrogen-bond acceptors (Lipinski definition) is 1. The summed E-state index contributed by atoms with van der Waals surface area (Å²) in [5, 5.41) is 2.47. The van der Waals surface area contributed by atoms with Crippen LogP contribution in [-0.2, 0) is 10.8 Å². The van der Waals surface area contributed by atoms with E-state index in [2.05, 4.69) is 233 Å². The summed E-state index contributed by atoms with van der Waals surface area (Å²) in [6, 6.07) is 74.3. The molecule has 11 rings (SSSR count). The number of nitrogens with zero attached hydrogens (tertiary/aromatic N) is 1. The lowest BCUT2D eigenvalue weighted by atomic mass is 9.81. The highest BCUT2D eigenvalue weighted by Gasteiger charge is 2.38. The van der Waals surface area contributed by atoms with Crippen molar-refractivity contribution in [2.75, 3.05) is 4.90 Å². The molecule has 1 nitrogen and oxygen atoms in total. The van der Waals surface area contributed by atoms with Crippen molar-refractivity contribution in [1.82, 2.24) is 0 Å². The second kappa shape index (κ2) is 13.3. The first kappa shape index (κ1) is 35.2. The summed E-state index contributed by atoms with van der Waals surface area (Å²) < 4.78 is 0. The smallest absolute Gasteiger partial charge is 0.0468 e. The van der Waals surface area contributed by atoms with Crippen molar-refractivity contribution >= 4 is 27.8 Å². The van der Waals surface area contributed by atoms with Gasteiger partial charge in [0.25, 0.3) is 0 Å². The van der Waals surface area contributed by atoms with Crippen molar-refractivity contribution in [2.24, 2.45) is 0 Å². The van der Waals surface area contributed by atoms with Crippen LogP contribution in [-0.4, -0.2) is 0 Å². The van der Waals surface area contributed by atoms with E-state index < -0.39 is 0 Å². The Labute approximate surface area is 347 Å². The molecule has 0 spiro atoms. The van der Waals surface area contributed by atoms with Crippen LogP contribution in [0.1, 0.15) is 49.9 Å². The monoisotopic (exact) mass is 755 g/mol. The van der Waals surface area contributed by atoms with Crippen LogP contribution in [0.4, 0.5) is 17.1 Å². The lowest BCUT2D eigenvalue weighted by molar-refractivity contribution is 0.660. The minimum atomic E-state index is -0.187. The molecular weight excluding hydrogens is 711 g/mol. The van der Waals surface area contributed by atoms with Crippen molar-refractivity contribution in [2.45, 2.75) is 38.5 Å². The van der Waals surface area contributed by atoms with Crippen LogP contribution in [0.2, 0.25) is 0 Å². The fraction of sp³-hybridized carbons (Fsp3) is 0.103. The Morgan fingerprint density at radius 1 is 0.271 bits per heavy atom. The van der Waals surface area contributed by atoms with Crippen LogP contribution < -0.4 is 4.90 Å². The third-order valence-electron chi connectivity index (χ3n) is 13.3. The fourth-order valence-electron chi connectivity index (χ4n) is 9.97. The highest BCUT2D eigenvalue weighted by Crippen LogP contribution is 2.54. The van der Waals surface area contributed by atoms with E-state index in [1.54, 1.807) is 0 Å². The second-order valence-corrected chi connectivity index (χ2v) is 17.4. The Kier molecular flexibility index (Phi) is 7.94. The summed E-state index contributed by atoms with van der Waals surface area (Å²) in [5.74, 6) is 0. The quantitative estimate of drug-likeness (QED) is 0.163. The zero-order valence-corrected chi connectivity index (χ0v) is 34.0. The predicted octanol–water partition coefficient (Wildman–Crippen LogP) is 15.9. The molecule has 0 radical (unpaired) electrons. The summed E-state index contributed by atoms with van der Waals surface area (Å²) in [6.07, 6.45) is 0. The van der Waals surface area contributed by atoms with Crippen LogP contribution in [0.25, 0.3) is 66.4 Å². The SMILES string of the molecule is CC1(C)c2cc(-c3ccccc3)ccc2-c2ccc(N(c3ccc4c(c3)C(C)(C)c3cc(-c5ccc(-c6ccccc6)cc5)ccc3-4)c3ccc4ccccc4c3)cc21. The summed E-state index contributed by atoms with van der Waals surface area (Å²) in [5.41, 5.74) is 21.4. The summed E-state index contributed by atoms with van der Waals surface area (Å²) in [7, 11) is 0. The molecule has 9 aromatic rings. The van der Waals surface area contributed by atoms with Crippen LogP contribution in [0.5, 0.6) is 0 Å². The summed E-state index contributed by atoms with van der Waals surface area (Å²) in [4.78, 5) is 2.47. The first-order chi connectivity index (χ1) is 28.7. The van der Waals surface area contributed by atoms with Crippen molar-refractivity contribution < 1.29 is 0 Å². The van der Waals surface area contributed by atoms with Gasteiger partial charge in [0.05, 0.1) is 0 Å². The zero-order valence-electron chi connectivity index (χ0n) is 34.0. The van der Waals surface area contributed by atoms with Gasteiger partial charge in [0.15, 0.2) is 0 Å². The second-order valence-electron chi connectivity index (χ2n) is 17.4. The van der Waals surface area contributed by atoms with Crippen molar-refractivity contribution in [3.63, 3.8) is 0 Å². The topological polar surface area (TPSA) is 3.24 Å². The van der Waals surface area contributed by atoms with Gasteiger partial charge in [-0.25, -0.2) is 0 Å². The Morgan fingerprint density at radius 3 is 1.12 bits per heavy atom. The van der Waals surface area contributed by atoms with E-state index in [1.165, 1.54) is 88.7 Å². The minimum absolute atomic E-state index is 0.165. The normalized spacial score (nSPS) is 14.0. The molecule has 0 unspecified atom stereocenters. The molecule has 2 aliphatic carbocycles. The van der Waals surface area contributed by atoms with Gasteiger partial charge in [0.2, 0.25) is 0 Å². The van der Waals surface area contributed by atoms with Gasteiger partial charge in [0.1, 0.15) is 0 Å². The van der Waals surface area contributed by atoms with E-state index in [4.69, 9.17) is 0 Å². The molecule has 0 N–H and O–H groups in total. The van der Waals surface area contributed by atoms with E-state index in [-0.39, 0.29) is 10.8 Å². The maximum Gasteiger partial charge on any atom is 0.0468 e. The van der Waals surface area contributed by atoms with Gasteiger partial charge in [-0.15, -0.1) is 0 Å². The lowest BCUT2D eigenvalue weighted by Crippen LogP contribution is -2.18. The third-order valence-corrected chi connectivity index (χ3v) is 13.3. The molecule has 282 valence electrons. The zero-order chi connectivity index (χ0) is 39.9. The first-order valence-electron chi connectivity index (χ1n) is 20.8. The highest BCUT2D eigenvalue weighted by atomic mass is 15.1. The van der Waals surface area contributed by atoms with E-state index in [9.17, 15) is 0 Å². The molecule has 0 saturated carbocycles. The Hall–Kier alpha value is -6.96. The van der Waals surface area contributed by atoms with Crippen LogP contribution >= 0.6 is 0 Å². The molecule has 0 heterocycles. The van der Waals surface area contributed by atoms with Gasteiger partial charge in [-0.1, -0.05) is 179 Å². The average Bonchev–Trinajstić information content (AvgIpc) is 3.65. The molecule has 0 fully saturated rings. The van der Waals surface area contributed by atoms with Crippen LogP contribution in [0.15, 0.2) is 200 Å². The largest absolute Gasteiger partial charge is 0.310 e. The van der Waals surface area contributed by atoms with E-state index in [1.807, 2.05) is 0 Å². The van der Waals surface area contributed by atoms with Crippen molar-refractivity contribution in [3.05, 3.63) is 222 Å². The molecule has 0 aromatic heterocycles. The molecule has 0 bridgehead atoms. The van der Waals surface area contributed by atoms with Gasteiger partial charge in [-0.3, -0.25) is 0 Å². The number of hydrogen-bond donors (Lipinski definition) is 0. The van der Waals surface area contributed by atoms with Crippen LogP contribution in [0.3, 0.4) is 0 Å². The Balaban J connectivity index is 0.999. The predicted molar refractivity (Wildman–Crippen MR) is 250 cm³/mol. The fourth-order valence-corrected chi connectivity index (χ4v) is 9.97. The number of fused-ring (bicyclic) bond motifs is 7. The van der Waals surface area contributed by atoms with E-state index in [0.717, 1.165) is 17.1 Å². The molecule has 2 aliphatic rings. The summed E-state index contributed by atoms with van der Waals surface area (Å²) >= 11 is 0. The molecule has 0 amide bonds. The van der Waals surface area contributed by atoms with E-state index in [0.29, 0.717) is 0 Å². The van der Waals surface area contributed by atoms with Gasteiger partial charge in [-0.2, -0.15) is 0 Å². The molecule has 59 heavy (non-hydrogen) atoms. The average molecular weight is 756 g/mol. The maximum absolute atomic E-state index is 2.47. The van der Waals surface area contributed by atoms with Crippen molar-refractivity contribution in [3.8, 4) is 55.6 Å². The number of anilines is 3. The number of benzene rings is 9. The molecule has 0 saturated heterocycles. The highest BCUT2D eigenvalue weighted by molar-refractivity contribution is 5.93. The van der Waals surface area contributed by atoms with Crippen LogP contribution in [0, 0.1) is 0 Å². The van der Waals surface area contributed by atoms with Gasteiger partial charge < -0.3 is 4.90 Å². The molecule has 9 aromatic carbocycles. The molecular formula is C58H45N. The van der Waals surface area contributed by atoms with Gasteiger partial charge in [-0.05, 0) is 137 Å². The Morgan fingerprint density at radius 2 is 0.610 bits per heavy atom. The van der Waals surface area contributed by atoms with Gasteiger partial charge >= 0.3 is 0 Å². The molecule has 1 heteroatoms. The third kappa shape index (κ3) is 5.68. The number of rotatable bonds is 6. The van der Waals surface area contributed by atoms with Crippen molar-refractivity contribution in [1.29, 1.82) is 0 Å². The Bertz CT molecular complexity index is 3080.